The highest BCUT2D eigenvalue weighted by Gasteiger charge is 2.09. The molecule has 0 fully saturated rings. The molecular weight excluding hydrogens is 288 g/mol. The van der Waals surface area contributed by atoms with Crippen LogP contribution in [0.3, 0.4) is 0 Å². The summed E-state index contributed by atoms with van der Waals surface area (Å²) in [7, 11) is 0. The van der Waals surface area contributed by atoms with Gasteiger partial charge in [0.1, 0.15) is 24.5 Å². The van der Waals surface area contributed by atoms with Crippen LogP contribution in [0.25, 0.3) is 11.1 Å². The first-order valence-corrected chi connectivity index (χ1v) is 7.31. The Labute approximate surface area is 134 Å². The molecule has 0 radical (unpaired) electrons. The summed E-state index contributed by atoms with van der Waals surface area (Å²) in [6.45, 7) is 2.27. The van der Waals surface area contributed by atoms with Crippen LogP contribution in [-0.2, 0) is 6.61 Å². The molecule has 4 heteroatoms. The Kier molecular flexibility index (Phi) is 4.43. The van der Waals surface area contributed by atoms with Crippen molar-refractivity contribution in [1.29, 1.82) is 0 Å². The summed E-state index contributed by atoms with van der Waals surface area (Å²) < 4.78 is 5.94. The van der Waals surface area contributed by atoms with E-state index in [2.05, 4.69) is 9.97 Å². The first-order valence-electron chi connectivity index (χ1n) is 7.31. The smallest absolute Gasteiger partial charge is 0.150 e. The van der Waals surface area contributed by atoms with Gasteiger partial charge in [-0.3, -0.25) is 4.79 Å². The molecule has 0 atom stereocenters. The maximum atomic E-state index is 11.0. The van der Waals surface area contributed by atoms with Gasteiger partial charge in [-0.1, -0.05) is 36.4 Å². The predicted molar refractivity (Wildman–Crippen MR) is 88.4 cm³/mol. The number of hydrogen-bond acceptors (Lipinski definition) is 4. The number of rotatable bonds is 5. The summed E-state index contributed by atoms with van der Waals surface area (Å²) in [6.07, 6.45) is 4.33. The molecular formula is C19H16N2O2. The van der Waals surface area contributed by atoms with Crippen molar-refractivity contribution in [2.45, 2.75) is 13.5 Å². The van der Waals surface area contributed by atoms with Gasteiger partial charge in [-0.25, -0.2) is 9.97 Å². The molecule has 0 amide bonds. The second-order valence-electron chi connectivity index (χ2n) is 5.17. The van der Waals surface area contributed by atoms with Crippen LogP contribution in [-0.4, -0.2) is 16.3 Å². The van der Waals surface area contributed by atoms with Gasteiger partial charge in [0, 0.05) is 29.1 Å². The van der Waals surface area contributed by atoms with Gasteiger partial charge in [0.25, 0.3) is 0 Å². The number of aldehydes is 1. The van der Waals surface area contributed by atoms with E-state index in [1.807, 2.05) is 43.3 Å². The second-order valence-corrected chi connectivity index (χ2v) is 5.17. The minimum Gasteiger partial charge on any atom is -0.488 e. The second kappa shape index (κ2) is 6.83. The molecule has 0 bridgehead atoms. The third-order valence-electron chi connectivity index (χ3n) is 3.47. The number of aromatic nitrogens is 2. The van der Waals surface area contributed by atoms with Crippen LogP contribution in [0, 0.1) is 6.92 Å². The molecule has 0 unspecified atom stereocenters. The van der Waals surface area contributed by atoms with E-state index in [-0.39, 0.29) is 0 Å². The highest BCUT2D eigenvalue weighted by atomic mass is 16.5. The highest BCUT2D eigenvalue weighted by Crippen LogP contribution is 2.30. The standard InChI is InChI=1S/C19H16N2O2/c1-14-20-10-17(11-21-14)18-8-7-16(12-22)9-19(18)23-13-15-5-3-2-4-6-15/h2-12H,13H2,1H3. The number of benzene rings is 2. The van der Waals surface area contributed by atoms with E-state index < -0.39 is 0 Å². The number of aryl methyl sites for hydroxylation is 1. The largest absolute Gasteiger partial charge is 0.488 e. The molecule has 4 nitrogen and oxygen atoms in total. The molecule has 2 aromatic carbocycles. The van der Waals surface area contributed by atoms with Gasteiger partial charge in [-0.2, -0.15) is 0 Å². The van der Waals surface area contributed by atoms with Crippen molar-refractivity contribution in [1.82, 2.24) is 9.97 Å². The monoisotopic (exact) mass is 304 g/mol. The van der Waals surface area contributed by atoms with E-state index >= 15 is 0 Å². The molecule has 0 saturated carbocycles. The Hall–Kier alpha value is -3.01. The summed E-state index contributed by atoms with van der Waals surface area (Å²) in [5.74, 6) is 1.36. The third kappa shape index (κ3) is 3.61. The van der Waals surface area contributed by atoms with Crippen molar-refractivity contribution < 1.29 is 9.53 Å². The van der Waals surface area contributed by atoms with Gasteiger partial charge in [-0.05, 0) is 24.6 Å². The fraction of sp³-hybridized carbons (Fsp3) is 0.105. The van der Waals surface area contributed by atoms with Gasteiger partial charge >= 0.3 is 0 Å². The Morgan fingerprint density at radius 3 is 2.48 bits per heavy atom. The molecule has 0 aliphatic rings. The van der Waals surface area contributed by atoms with Gasteiger partial charge < -0.3 is 4.74 Å². The minimum absolute atomic E-state index is 0.433. The molecule has 0 spiro atoms. The van der Waals surface area contributed by atoms with Gasteiger partial charge in [0.15, 0.2) is 0 Å². The number of carbonyl (C=O) groups is 1. The molecule has 1 heterocycles. The molecule has 3 aromatic rings. The molecule has 23 heavy (non-hydrogen) atoms. The van der Waals surface area contributed by atoms with Crippen LogP contribution in [0.15, 0.2) is 60.9 Å². The molecule has 0 aliphatic heterocycles. The van der Waals surface area contributed by atoms with Crippen LogP contribution >= 0.6 is 0 Å². The first kappa shape index (κ1) is 14.9. The maximum Gasteiger partial charge on any atom is 0.150 e. The van der Waals surface area contributed by atoms with E-state index in [1.165, 1.54) is 0 Å². The maximum absolute atomic E-state index is 11.0. The van der Waals surface area contributed by atoms with Crippen molar-refractivity contribution >= 4 is 6.29 Å². The Morgan fingerprint density at radius 2 is 1.78 bits per heavy atom. The number of nitrogens with zero attached hydrogens (tertiary/aromatic N) is 2. The van der Waals surface area contributed by atoms with E-state index in [0.717, 1.165) is 23.0 Å². The topological polar surface area (TPSA) is 52.1 Å². The molecule has 1 aromatic heterocycles. The lowest BCUT2D eigenvalue weighted by Crippen LogP contribution is -1.98. The van der Waals surface area contributed by atoms with Crippen LogP contribution < -0.4 is 4.74 Å². The van der Waals surface area contributed by atoms with Gasteiger partial charge in [0.05, 0.1) is 0 Å². The fourth-order valence-corrected chi connectivity index (χ4v) is 2.24. The van der Waals surface area contributed by atoms with Gasteiger partial charge in [-0.15, -0.1) is 0 Å². The number of hydrogen-bond donors (Lipinski definition) is 0. The normalized spacial score (nSPS) is 10.3. The lowest BCUT2D eigenvalue weighted by atomic mass is 10.1. The Balaban J connectivity index is 1.92. The molecule has 0 N–H and O–H groups in total. The third-order valence-corrected chi connectivity index (χ3v) is 3.47. The molecule has 0 aliphatic carbocycles. The summed E-state index contributed by atoms with van der Waals surface area (Å²) in [5, 5.41) is 0. The zero-order chi connectivity index (χ0) is 16.1. The van der Waals surface area contributed by atoms with Crippen molar-refractivity contribution in [3.8, 4) is 16.9 Å². The average molecular weight is 304 g/mol. The molecule has 3 rings (SSSR count). The van der Waals surface area contributed by atoms with Crippen molar-refractivity contribution in [3.63, 3.8) is 0 Å². The zero-order valence-corrected chi connectivity index (χ0v) is 12.8. The average Bonchev–Trinajstić information content (AvgIpc) is 2.61. The summed E-state index contributed by atoms with van der Waals surface area (Å²) in [4.78, 5) is 19.5. The lowest BCUT2D eigenvalue weighted by molar-refractivity contribution is 0.112. The SMILES string of the molecule is Cc1ncc(-c2ccc(C=O)cc2OCc2ccccc2)cn1. The highest BCUT2D eigenvalue weighted by molar-refractivity contribution is 5.80. The predicted octanol–water partition coefficient (Wildman–Crippen LogP) is 3.84. The Morgan fingerprint density at radius 1 is 1.04 bits per heavy atom. The first-order chi connectivity index (χ1) is 11.3. The van der Waals surface area contributed by atoms with Crippen molar-refractivity contribution in [2.75, 3.05) is 0 Å². The van der Waals surface area contributed by atoms with Crippen molar-refractivity contribution in [3.05, 3.63) is 77.9 Å². The van der Waals surface area contributed by atoms with E-state index in [0.29, 0.717) is 23.7 Å². The fourth-order valence-electron chi connectivity index (χ4n) is 2.24. The molecule has 114 valence electrons. The summed E-state index contributed by atoms with van der Waals surface area (Å²) >= 11 is 0. The van der Waals surface area contributed by atoms with Crippen LogP contribution in [0.2, 0.25) is 0 Å². The summed E-state index contributed by atoms with van der Waals surface area (Å²) in [6, 6.07) is 15.3. The number of carbonyl (C=O) groups excluding carboxylic acids is 1. The van der Waals surface area contributed by atoms with Crippen LogP contribution in [0.4, 0.5) is 0 Å². The van der Waals surface area contributed by atoms with Crippen molar-refractivity contribution in [2.24, 2.45) is 0 Å². The van der Waals surface area contributed by atoms with Crippen LogP contribution in [0.1, 0.15) is 21.7 Å². The van der Waals surface area contributed by atoms with Gasteiger partial charge in [0.2, 0.25) is 0 Å². The lowest BCUT2D eigenvalue weighted by Gasteiger charge is -2.12. The zero-order valence-electron chi connectivity index (χ0n) is 12.8. The Bertz CT molecular complexity index is 799. The van der Waals surface area contributed by atoms with E-state index in [1.54, 1.807) is 24.5 Å². The van der Waals surface area contributed by atoms with Crippen LogP contribution in [0.5, 0.6) is 5.75 Å². The quantitative estimate of drug-likeness (QED) is 0.672. The summed E-state index contributed by atoms with van der Waals surface area (Å²) in [5.41, 5.74) is 3.36. The molecule has 0 saturated heterocycles. The van der Waals surface area contributed by atoms with E-state index in [9.17, 15) is 4.79 Å². The minimum atomic E-state index is 0.433. The van der Waals surface area contributed by atoms with E-state index in [4.69, 9.17) is 4.74 Å². The number of ether oxygens (including phenoxy) is 1.